The lowest BCUT2D eigenvalue weighted by Crippen LogP contribution is -2.23. The summed E-state index contributed by atoms with van der Waals surface area (Å²) in [6.07, 6.45) is 3.19. The van der Waals surface area contributed by atoms with Crippen molar-refractivity contribution in [2.75, 3.05) is 25.6 Å². The van der Waals surface area contributed by atoms with E-state index in [1.807, 2.05) is 6.07 Å². The molecule has 0 saturated heterocycles. The predicted molar refractivity (Wildman–Crippen MR) is 74.5 cm³/mol. The fraction of sp³-hybridized carbons (Fsp3) is 0.286. The van der Waals surface area contributed by atoms with Gasteiger partial charge in [-0.2, -0.15) is 0 Å². The summed E-state index contributed by atoms with van der Waals surface area (Å²) in [4.78, 5) is 16.0. The Balaban J connectivity index is 1.84. The van der Waals surface area contributed by atoms with Gasteiger partial charge in [-0.1, -0.05) is 0 Å². The van der Waals surface area contributed by atoms with Crippen LogP contribution in [0.5, 0.6) is 0 Å². The second kappa shape index (κ2) is 7.30. The van der Waals surface area contributed by atoms with Crippen LogP contribution in [-0.2, 0) is 11.3 Å². The summed E-state index contributed by atoms with van der Waals surface area (Å²) in [6, 6.07) is 7.06. The van der Waals surface area contributed by atoms with Gasteiger partial charge in [0, 0.05) is 13.7 Å². The molecule has 2 aromatic heterocycles. The third-order valence-corrected chi connectivity index (χ3v) is 2.63. The first-order valence-corrected chi connectivity index (χ1v) is 6.29. The summed E-state index contributed by atoms with van der Waals surface area (Å²) in [5.74, 6) is 0.473. The van der Waals surface area contributed by atoms with E-state index in [0.29, 0.717) is 31.2 Å². The van der Waals surface area contributed by atoms with Crippen LogP contribution in [-0.4, -0.2) is 31.2 Å². The Morgan fingerprint density at radius 2 is 2.30 bits per heavy atom. The van der Waals surface area contributed by atoms with E-state index >= 15 is 0 Å². The number of carbonyl (C=O) groups excluding carboxylic acids is 1. The minimum atomic E-state index is -0.232. The van der Waals surface area contributed by atoms with Gasteiger partial charge >= 0.3 is 0 Å². The number of rotatable bonds is 7. The number of amides is 1. The standard InChI is InChI=1S/C14H17N3O3/c1-19-8-6-15-11-4-5-13(16-9-11)14(18)17-10-12-3-2-7-20-12/h2-5,7,9,15H,6,8,10H2,1H3,(H,17,18). The highest BCUT2D eigenvalue weighted by atomic mass is 16.5. The molecule has 6 nitrogen and oxygen atoms in total. The van der Waals surface area contributed by atoms with E-state index in [0.717, 1.165) is 5.69 Å². The van der Waals surface area contributed by atoms with Crippen LogP contribution in [0.25, 0.3) is 0 Å². The zero-order chi connectivity index (χ0) is 14.2. The molecule has 1 amide bonds. The average molecular weight is 275 g/mol. The van der Waals surface area contributed by atoms with Crippen molar-refractivity contribution in [2.45, 2.75) is 6.54 Å². The Labute approximate surface area is 117 Å². The van der Waals surface area contributed by atoms with Crippen LogP contribution in [0.1, 0.15) is 16.2 Å². The van der Waals surface area contributed by atoms with Crippen molar-refractivity contribution in [1.82, 2.24) is 10.3 Å². The number of aromatic nitrogens is 1. The zero-order valence-corrected chi connectivity index (χ0v) is 11.3. The molecule has 6 heteroatoms. The summed E-state index contributed by atoms with van der Waals surface area (Å²) >= 11 is 0. The summed E-state index contributed by atoms with van der Waals surface area (Å²) < 4.78 is 10.1. The lowest BCUT2D eigenvalue weighted by Gasteiger charge is -2.06. The summed E-state index contributed by atoms with van der Waals surface area (Å²) in [5.41, 5.74) is 1.22. The van der Waals surface area contributed by atoms with Crippen LogP contribution >= 0.6 is 0 Å². The number of nitrogens with one attached hydrogen (secondary N) is 2. The third-order valence-electron chi connectivity index (χ3n) is 2.63. The van der Waals surface area contributed by atoms with Gasteiger partial charge in [-0.25, -0.2) is 4.98 Å². The molecule has 0 aliphatic carbocycles. The number of pyridine rings is 1. The number of ether oxygens (including phenoxy) is 1. The van der Waals surface area contributed by atoms with Crippen LogP contribution in [0, 0.1) is 0 Å². The first kappa shape index (κ1) is 14.1. The Bertz CT molecular complexity index is 523. The molecule has 0 aliphatic rings. The smallest absolute Gasteiger partial charge is 0.270 e. The highest BCUT2D eigenvalue weighted by molar-refractivity contribution is 5.92. The monoisotopic (exact) mass is 275 g/mol. The number of nitrogens with zero attached hydrogens (tertiary/aromatic N) is 1. The van der Waals surface area contributed by atoms with Gasteiger partial charge in [-0.05, 0) is 24.3 Å². The van der Waals surface area contributed by atoms with Gasteiger partial charge < -0.3 is 19.8 Å². The van der Waals surface area contributed by atoms with E-state index in [-0.39, 0.29) is 5.91 Å². The summed E-state index contributed by atoms with van der Waals surface area (Å²) in [6.45, 7) is 1.66. The fourth-order valence-electron chi connectivity index (χ4n) is 1.60. The van der Waals surface area contributed by atoms with Gasteiger partial charge in [-0.15, -0.1) is 0 Å². The van der Waals surface area contributed by atoms with Gasteiger partial charge in [0.05, 0.1) is 31.3 Å². The molecule has 20 heavy (non-hydrogen) atoms. The topological polar surface area (TPSA) is 76.4 Å². The van der Waals surface area contributed by atoms with E-state index in [1.165, 1.54) is 0 Å². The van der Waals surface area contributed by atoms with Gasteiger partial charge in [-0.3, -0.25) is 4.79 Å². The molecule has 0 aliphatic heterocycles. The number of methoxy groups -OCH3 is 1. The molecule has 0 spiro atoms. The Morgan fingerprint density at radius 3 is 2.95 bits per heavy atom. The van der Waals surface area contributed by atoms with Crippen LogP contribution in [0.4, 0.5) is 5.69 Å². The molecule has 0 fully saturated rings. The average Bonchev–Trinajstić information content (AvgIpc) is 2.99. The Hall–Kier alpha value is -2.34. The van der Waals surface area contributed by atoms with Crippen molar-refractivity contribution in [3.05, 3.63) is 48.2 Å². The van der Waals surface area contributed by atoms with Gasteiger partial charge in [0.2, 0.25) is 0 Å². The molecule has 2 rings (SSSR count). The normalized spacial score (nSPS) is 10.2. The Morgan fingerprint density at radius 1 is 1.40 bits per heavy atom. The van der Waals surface area contributed by atoms with Crippen LogP contribution in [0.3, 0.4) is 0 Å². The molecular weight excluding hydrogens is 258 g/mol. The van der Waals surface area contributed by atoms with Crippen molar-refractivity contribution in [1.29, 1.82) is 0 Å². The number of anilines is 1. The largest absolute Gasteiger partial charge is 0.467 e. The van der Waals surface area contributed by atoms with Gasteiger partial charge in [0.1, 0.15) is 11.5 Å². The second-order valence-electron chi connectivity index (χ2n) is 4.11. The quantitative estimate of drug-likeness (QED) is 0.752. The summed E-state index contributed by atoms with van der Waals surface area (Å²) in [5, 5.41) is 5.87. The molecule has 2 aromatic rings. The van der Waals surface area contributed by atoms with Crippen molar-refractivity contribution in [3.63, 3.8) is 0 Å². The van der Waals surface area contributed by atoms with Crippen molar-refractivity contribution in [2.24, 2.45) is 0 Å². The maximum Gasteiger partial charge on any atom is 0.270 e. The summed E-state index contributed by atoms with van der Waals surface area (Å²) in [7, 11) is 1.65. The first-order chi connectivity index (χ1) is 9.79. The molecule has 0 aromatic carbocycles. The Kier molecular flexibility index (Phi) is 5.14. The van der Waals surface area contributed by atoms with E-state index in [9.17, 15) is 4.79 Å². The first-order valence-electron chi connectivity index (χ1n) is 6.29. The van der Waals surface area contributed by atoms with E-state index in [2.05, 4.69) is 15.6 Å². The lowest BCUT2D eigenvalue weighted by molar-refractivity contribution is 0.0943. The molecule has 0 unspecified atom stereocenters. The predicted octanol–water partition coefficient (Wildman–Crippen LogP) is 1.66. The lowest BCUT2D eigenvalue weighted by atomic mass is 10.3. The SMILES string of the molecule is COCCNc1ccc(C(=O)NCc2ccco2)nc1. The molecular formula is C14H17N3O3. The number of hydrogen-bond acceptors (Lipinski definition) is 5. The van der Waals surface area contributed by atoms with E-state index in [1.54, 1.807) is 37.8 Å². The third kappa shape index (κ3) is 4.10. The molecule has 0 radical (unpaired) electrons. The fourth-order valence-corrected chi connectivity index (χ4v) is 1.60. The second-order valence-corrected chi connectivity index (χ2v) is 4.11. The highest BCUT2D eigenvalue weighted by Gasteiger charge is 2.07. The molecule has 0 bridgehead atoms. The van der Waals surface area contributed by atoms with Crippen molar-refractivity contribution < 1.29 is 13.9 Å². The highest BCUT2D eigenvalue weighted by Crippen LogP contribution is 2.06. The zero-order valence-electron chi connectivity index (χ0n) is 11.3. The van der Waals surface area contributed by atoms with Crippen LogP contribution < -0.4 is 10.6 Å². The van der Waals surface area contributed by atoms with Crippen LogP contribution in [0.15, 0.2) is 41.1 Å². The maximum absolute atomic E-state index is 11.9. The molecule has 2 heterocycles. The molecule has 106 valence electrons. The van der Waals surface area contributed by atoms with Crippen molar-refractivity contribution in [3.8, 4) is 0 Å². The number of furan rings is 1. The molecule has 0 saturated carbocycles. The van der Waals surface area contributed by atoms with E-state index in [4.69, 9.17) is 9.15 Å². The number of hydrogen-bond donors (Lipinski definition) is 2. The number of carbonyl (C=O) groups is 1. The molecule has 2 N–H and O–H groups in total. The maximum atomic E-state index is 11.9. The van der Waals surface area contributed by atoms with Gasteiger partial charge in [0.25, 0.3) is 5.91 Å². The van der Waals surface area contributed by atoms with Gasteiger partial charge in [0.15, 0.2) is 0 Å². The molecule has 0 atom stereocenters. The van der Waals surface area contributed by atoms with Crippen molar-refractivity contribution >= 4 is 11.6 Å². The minimum Gasteiger partial charge on any atom is -0.467 e. The van der Waals surface area contributed by atoms with E-state index < -0.39 is 0 Å². The minimum absolute atomic E-state index is 0.232. The van der Waals surface area contributed by atoms with Crippen LogP contribution in [0.2, 0.25) is 0 Å².